The van der Waals surface area contributed by atoms with Crippen molar-refractivity contribution in [2.75, 3.05) is 50.5 Å². The minimum Gasteiger partial charge on any atom is -0.491 e. The van der Waals surface area contributed by atoms with Gasteiger partial charge in [-0.15, -0.1) is 0 Å². The first kappa shape index (κ1) is 26.3. The van der Waals surface area contributed by atoms with Crippen molar-refractivity contribution in [3.05, 3.63) is 76.8 Å². The van der Waals surface area contributed by atoms with Gasteiger partial charge in [-0.25, -0.2) is 13.4 Å². The highest BCUT2D eigenvalue weighted by Gasteiger charge is 2.45. The van der Waals surface area contributed by atoms with Crippen molar-refractivity contribution in [2.24, 2.45) is 0 Å². The van der Waals surface area contributed by atoms with Crippen molar-refractivity contribution >= 4 is 38.9 Å². The van der Waals surface area contributed by atoms with E-state index in [0.717, 1.165) is 5.69 Å². The molecule has 198 valence electrons. The Hall–Kier alpha value is -2.34. The third-order valence-electron chi connectivity index (χ3n) is 6.50. The first-order chi connectivity index (χ1) is 17.7. The molecule has 2 aromatic carbocycles. The third kappa shape index (κ3) is 6.05. The monoisotopic (exact) mass is 566 g/mol. The fourth-order valence-electron chi connectivity index (χ4n) is 4.60. The lowest BCUT2D eigenvalue weighted by Gasteiger charge is -2.34. The van der Waals surface area contributed by atoms with Crippen LogP contribution in [0.5, 0.6) is 5.75 Å². The van der Waals surface area contributed by atoms with Gasteiger partial charge in [-0.2, -0.15) is 4.31 Å². The van der Waals surface area contributed by atoms with Crippen LogP contribution in [-0.4, -0.2) is 74.0 Å². The van der Waals surface area contributed by atoms with Gasteiger partial charge >= 0.3 is 0 Å². The molecule has 0 amide bonds. The number of halogens is 2. The molecule has 0 unspecified atom stereocenters. The Kier molecular flexibility index (Phi) is 7.67. The second-order valence-electron chi connectivity index (χ2n) is 9.12. The summed E-state index contributed by atoms with van der Waals surface area (Å²) in [5, 5.41) is 0.993. The second kappa shape index (κ2) is 10.8. The second-order valence-corrected chi connectivity index (χ2v) is 11.9. The Labute approximate surface area is 226 Å². The maximum Gasteiger partial charge on any atom is 0.215 e. The zero-order valence-electron chi connectivity index (χ0n) is 20.3. The van der Waals surface area contributed by atoms with Crippen LogP contribution < -0.4 is 9.64 Å². The van der Waals surface area contributed by atoms with E-state index in [2.05, 4.69) is 9.88 Å². The van der Waals surface area contributed by atoms with E-state index in [1.165, 1.54) is 10.6 Å². The van der Waals surface area contributed by atoms with Gasteiger partial charge in [0.1, 0.15) is 18.5 Å². The average molecular weight is 567 g/mol. The van der Waals surface area contributed by atoms with Gasteiger partial charge in [-0.3, -0.25) is 0 Å². The van der Waals surface area contributed by atoms with Gasteiger partial charge in [-0.05, 0) is 36.4 Å². The molecule has 9 nitrogen and oxygen atoms in total. The summed E-state index contributed by atoms with van der Waals surface area (Å²) in [6.45, 7) is 3.24. The first-order valence-corrected chi connectivity index (χ1v) is 14.5. The van der Waals surface area contributed by atoms with E-state index in [9.17, 15) is 8.42 Å². The molecule has 2 saturated heterocycles. The summed E-state index contributed by atoms with van der Waals surface area (Å²) in [5.74, 6) is -0.396. The van der Waals surface area contributed by atoms with E-state index < -0.39 is 15.8 Å². The molecule has 0 aliphatic carbocycles. The van der Waals surface area contributed by atoms with Crippen LogP contribution in [0.2, 0.25) is 10.0 Å². The molecule has 5 rings (SSSR count). The Morgan fingerprint density at radius 3 is 2.51 bits per heavy atom. The molecule has 37 heavy (non-hydrogen) atoms. The lowest BCUT2D eigenvalue weighted by Crippen LogP contribution is -2.48. The van der Waals surface area contributed by atoms with Crippen LogP contribution in [0.1, 0.15) is 5.56 Å². The summed E-state index contributed by atoms with van der Waals surface area (Å²) in [4.78, 5) is 6.28. The standard InChI is InChI=1S/C25H28Cl2N4O5S/c1-37(32,33)31-12-10-30(11-13-31)20-3-5-21(6-4-20)34-15-22-16-35-25(36-22,17-29-9-8-28-18-29)23-7-2-19(26)14-24(23)27/h2-9,14,18,22H,10-13,15-17H2,1H3/t22-,25+/m0/s1. The van der Waals surface area contributed by atoms with Crippen molar-refractivity contribution in [1.29, 1.82) is 0 Å². The van der Waals surface area contributed by atoms with Crippen molar-refractivity contribution in [1.82, 2.24) is 13.9 Å². The number of nitrogens with zero attached hydrogens (tertiary/aromatic N) is 4. The van der Waals surface area contributed by atoms with E-state index in [0.29, 0.717) is 67.3 Å². The number of ether oxygens (including phenoxy) is 3. The molecule has 3 aromatic rings. The van der Waals surface area contributed by atoms with E-state index in [1.807, 2.05) is 41.1 Å². The zero-order chi connectivity index (χ0) is 26.0. The number of hydrogen-bond donors (Lipinski definition) is 0. The van der Waals surface area contributed by atoms with Gasteiger partial charge in [0, 0.05) is 54.8 Å². The molecule has 0 N–H and O–H groups in total. The third-order valence-corrected chi connectivity index (χ3v) is 8.35. The van der Waals surface area contributed by atoms with Crippen LogP contribution in [0.3, 0.4) is 0 Å². The number of piperazine rings is 1. The van der Waals surface area contributed by atoms with Crippen molar-refractivity contribution in [3.8, 4) is 5.75 Å². The maximum absolute atomic E-state index is 11.7. The Balaban J connectivity index is 1.21. The van der Waals surface area contributed by atoms with Gasteiger partial charge in [0.05, 0.1) is 30.8 Å². The number of anilines is 1. The minimum absolute atomic E-state index is 0.295. The van der Waals surface area contributed by atoms with E-state index in [1.54, 1.807) is 24.7 Å². The molecule has 2 aliphatic heterocycles. The Bertz CT molecular complexity index is 1320. The molecule has 2 aliphatic rings. The molecule has 2 atom stereocenters. The van der Waals surface area contributed by atoms with E-state index >= 15 is 0 Å². The summed E-state index contributed by atoms with van der Waals surface area (Å²) >= 11 is 12.6. The van der Waals surface area contributed by atoms with Gasteiger partial charge in [0.25, 0.3) is 0 Å². The minimum atomic E-state index is -3.15. The predicted octanol–water partition coefficient (Wildman–Crippen LogP) is 3.62. The molecule has 3 heterocycles. The van der Waals surface area contributed by atoms with Gasteiger partial charge in [0.15, 0.2) is 0 Å². The SMILES string of the molecule is CS(=O)(=O)N1CCN(c2ccc(OC[C@H]3CO[C@@](Cn4ccnc4)(c4ccc(Cl)cc4Cl)O3)cc2)CC1. The first-order valence-electron chi connectivity index (χ1n) is 11.9. The van der Waals surface area contributed by atoms with Gasteiger partial charge < -0.3 is 23.7 Å². The zero-order valence-corrected chi connectivity index (χ0v) is 22.6. The van der Waals surface area contributed by atoms with Crippen molar-refractivity contribution in [2.45, 2.75) is 18.4 Å². The van der Waals surface area contributed by atoms with E-state index in [-0.39, 0.29) is 6.10 Å². The van der Waals surface area contributed by atoms with Crippen LogP contribution in [0.4, 0.5) is 5.69 Å². The van der Waals surface area contributed by atoms with Crippen LogP contribution >= 0.6 is 23.2 Å². The highest BCUT2D eigenvalue weighted by atomic mass is 35.5. The predicted molar refractivity (Wildman–Crippen MR) is 142 cm³/mol. The summed E-state index contributed by atoms with van der Waals surface area (Å²) < 4.78 is 45.5. The van der Waals surface area contributed by atoms with E-state index in [4.69, 9.17) is 37.4 Å². The quantitative estimate of drug-likeness (QED) is 0.411. The number of sulfonamides is 1. The molecule has 0 saturated carbocycles. The molecule has 0 bridgehead atoms. The summed E-state index contributed by atoms with van der Waals surface area (Å²) in [5.41, 5.74) is 1.72. The molecule has 12 heteroatoms. The number of benzene rings is 2. The molecular weight excluding hydrogens is 539 g/mol. The lowest BCUT2D eigenvalue weighted by molar-refractivity contribution is -0.189. The fraction of sp³-hybridized carbons (Fsp3) is 0.400. The van der Waals surface area contributed by atoms with Crippen molar-refractivity contribution in [3.63, 3.8) is 0 Å². The highest BCUT2D eigenvalue weighted by molar-refractivity contribution is 7.88. The Morgan fingerprint density at radius 2 is 1.86 bits per heavy atom. The average Bonchev–Trinajstić information content (AvgIpc) is 3.53. The normalized spacial score (nSPS) is 22.9. The molecule has 2 fully saturated rings. The smallest absolute Gasteiger partial charge is 0.215 e. The highest BCUT2D eigenvalue weighted by Crippen LogP contribution is 2.40. The number of imidazole rings is 1. The largest absolute Gasteiger partial charge is 0.491 e. The molecule has 0 spiro atoms. The maximum atomic E-state index is 11.7. The van der Waals surface area contributed by atoms with Crippen molar-refractivity contribution < 1.29 is 22.6 Å². The van der Waals surface area contributed by atoms with Crippen LogP contribution in [0, 0.1) is 0 Å². The van der Waals surface area contributed by atoms with Crippen LogP contribution in [0.25, 0.3) is 0 Å². The lowest BCUT2D eigenvalue weighted by atomic mass is 10.1. The number of hydrogen-bond acceptors (Lipinski definition) is 7. The molecule has 1 aromatic heterocycles. The summed E-state index contributed by atoms with van der Waals surface area (Å²) in [7, 11) is -3.15. The topological polar surface area (TPSA) is 86.1 Å². The van der Waals surface area contributed by atoms with Gasteiger partial charge in [-0.1, -0.05) is 29.3 Å². The number of aromatic nitrogens is 2. The van der Waals surface area contributed by atoms with Crippen LogP contribution in [-0.2, 0) is 31.8 Å². The summed E-state index contributed by atoms with van der Waals surface area (Å²) in [6, 6.07) is 13.0. The van der Waals surface area contributed by atoms with Crippen LogP contribution in [0.15, 0.2) is 61.2 Å². The molecular formula is C25H28Cl2N4O5S. The summed E-state index contributed by atoms with van der Waals surface area (Å²) in [6.07, 6.45) is 6.16. The van der Waals surface area contributed by atoms with Gasteiger partial charge in [0.2, 0.25) is 15.8 Å². The Morgan fingerprint density at radius 1 is 1.11 bits per heavy atom. The fourth-order valence-corrected chi connectivity index (χ4v) is 5.97. The molecule has 0 radical (unpaired) electrons. The number of rotatable bonds is 8.